The normalized spacial score (nSPS) is 11.5. The minimum atomic E-state index is -0.995. The van der Waals surface area contributed by atoms with Crippen molar-refractivity contribution >= 4 is 17.7 Å². The fourth-order valence-corrected chi connectivity index (χ4v) is 3.20. The van der Waals surface area contributed by atoms with Gasteiger partial charge in [0.15, 0.2) is 17.6 Å². The maximum absolute atomic E-state index is 12.7. The maximum atomic E-state index is 12.7. The van der Waals surface area contributed by atoms with Gasteiger partial charge >= 0.3 is 11.9 Å². The first-order valence-electron chi connectivity index (χ1n) is 9.45. The first-order valence-corrected chi connectivity index (χ1v) is 9.45. The number of H-pyrrole nitrogens is 1. The Balaban J connectivity index is 2.01. The number of hydrogen-bond donors (Lipinski definition) is 1. The first-order chi connectivity index (χ1) is 14.2. The first kappa shape index (κ1) is 23.0. The Morgan fingerprint density at radius 1 is 1.03 bits per heavy atom. The number of ketones is 1. The van der Waals surface area contributed by atoms with Gasteiger partial charge in [0.2, 0.25) is 5.78 Å². The number of methoxy groups -OCH3 is 3. The number of esters is 2. The predicted molar refractivity (Wildman–Crippen MR) is 109 cm³/mol. The molecule has 0 aliphatic carbocycles. The third-order valence-electron chi connectivity index (χ3n) is 4.82. The molecule has 30 heavy (non-hydrogen) atoms. The Hall–Kier alpha value is -3.29. The topological polar surface area (TPSA) is 104 Å². The van der Waals surface area contributed by atoms with Crippen LogP contribution in [0.5, 0.6) is 11.5 Å². The van der Waals surface area contributed by atoms with E-state index < -0.39 is 23.8 Å². The smallest absolute Gasteiger partial charge is 0.339 e. The number of benzene rings is 1. The second kappa shape index (κ2) is 9.96. The molecule has 1 N–H and O–H groups in total. The zero-order chi connectivity index (χ0) is 22.4. The van der Waals surface area contributed by atoms with Crippen LogP contribution in [0.1, 0.15) is 51.0 Å². The van der Waals surface area contributed by atoms with E-state index >= 15 is 0 Å². The zero-order valence-corrected chi connectivity index (χ0v) is 18.1. The molecule has 0 radical (unpaired) electrons. The summed E-state index contributed by atoms with van der Waals surface area (Å²) in [6.45, 7) is 4.83. The molecule has 1 heterocycles. The lowest BCUT2D eigenvalue weighted by Crippen LogP contribution is -2.25. The van der Waals surface area contributed by atoms with Crippen LogP contribution >= 0.6 is 0 Å². The summed E-state index contributed by atoms with van der Waals surface area (Å²) in [6.07, 6.45) is -0.471. The highest BCUT2D eigenvalue weighted by Gasteiger charge is 2.27. The van der Waals surface area contributed by atoms with Gasteiger partial charge in [-0.05, 0) is 50.5 Å². The van der Waals surface area contributed by atoms with Gasteiger partial charge in [-0.25, -0.2) is 4.79 Å². The number of rotatable bonds is 9. The summed E-state index contributed by atoms with van der Waals surface area (Å²) in [7, 11) is 4.37. The lowest BCUT2D eigenvalue weighted by Gasteiger charge is -2.13. The van der Waals surface area contributed by atoms with Crippen molar-refractivity contribution in [2.24, 2.45) is 0 Å². The van der Waals surface area contributed by atoms with Gasteiger partial charge in [-0.15, -0.1) is 0 Å². The predicted octanol–water partition coefficient (Wildman–Crippen LogP) is 3.18. The molecular formula is C22H27NO7. The molecule has 162 valence electrons. The Morgan fingerprint density at radius 2 is 1.70 bits per heavy atom. The van der Waals surface area contributed by atoms with E-state index in [1.165, 1.54) is 14.0 Å². The number of carbonyl (C=O) groups excluding carboxylic acids is 3. The van der Waals surface area contributed by atoms with Gasteiger partial charge in [0.25, 0.3) is 0 Å². The van der Waals surface area contributed by atoms with Crippen LogP contribution in [0.2, 0.25) is 0 Å². The van der Waals surface area contributed by atoms with Gasteiger partial charge in [-0.3, -0.25) is 9.59 Å². The van der Waals surface area contributed by atoms with E-state index in [1.54, 1.807) is 40.2 Å². The van der Waals surface area contributed by atoms with Gasteiger partial charge in [-0.2, -0.15) is 0 Å². The molecule has 0 amide bonds. The summed E-state index contributed by atoms with van der Waals surface area (Å²) >= 11 is 0. The zero-order valence-electron chi connectivity index (χ0n) is 18.1. The number of aryl methyl sites for hydroxylation is 2. The molecular weight excluding hydrogens is 390 g/mol. The van der Waals surface area contributed by atoms with Crippen molar-refractivity contribution in [1.82, 2.24) is 4.98 Å². The standard InChI is InChI=1S/C22H27NO7/c1-12-19(22(26)29-6)13(2)23-20(12)21(25)14(3)30-18(24)10-8-15-7-9-16(27-4)17(11-15)28-5/h7,9,11,14,23H,8,10H2,1-6H3/t14-/m1/s1. The Morgan fingerprint density at radius 3 is 2.30 bits per heavy atom. The number of aromatic nitrogens is 1. The summed E-state index contributed by atoms with van der Waals surface area (Å²) in [5, 5.41) is 0. The molecule has 0 aliphatic heterocycles. The molecule has 0 unspecified atom stereocenters. The van der Waals surface area contributed by atoms with Crippen LogP contribution in [0.15, 0.2) is 18.2 Å². The molecule has 0 saturated heterocycles. The SMILES string of the molecule is COC(=O)c1c(C)[nH]c(C(=O)[C@@H](C)OC(=O)CCc2ccc(OC)c(OC)c2)c1C. The lowest BCUT2D eigenvalue weighted by molar-refractivity contribution is -0.146. The van der Waals surface area contributed by atoms with Gasteiger partial charge < -0.3 is 23.9 Å². The molecule has 0 spiro atoms. The number of ether oxygens (including phenoxy) is 4. The average Bonchev–Trinajstić information content (AvgIpc) is 3.04. The van der Waals surface area contributed by atoms with Crippen molar-refractivity contribution in [1.29, 1.82) is 0 Å². The quantitative estimate of drug-likeness (QED) is 0.494. The van der Waals surface area contributed by atoms with Crippen LogP contribution < -0.4 is 9.47 Å². The third kappa shape index (κ3) is 5.00. The summed E-state index contributed by atoms with van der Waals surface area (Å²) < 4.78 is 20.5. The number of hydrogen-bond acceptors (Lipinski definition) is 7. The molecule has 2 rings (SSSR count). The van der Waals surface area contributed by atoms with E-state index in [2.05, 4.69) is 4.98 Å². The largest absolute Gasteiger partial charge is 0.493 e. The molecule has 1 atom stereocenters. The average molecular weight is 417 g/mol. The van der Waals surface area contributed by atoms with Crippen molar-refractivity contribution in [2.75, 3.05) is 21.3 Å². The van der Waals surface area contributed by atoms with Crippen LogP contribution in [0, 0.1) is 13.8 Å². The highest BCUT2D eigenvalue weighted by molar-refractivity contribution is 6.03. The summed E-state index contributed by atoms with van der Waals surface area (Å²) in [6, 6.07) is 5.39. The summed E-state index contributed by atoms with van der Waals surface area (Å²) in [4.78, 5) is 39.7. The number of aromatic amines is 1. The van der Waals surface area contributed by atoms with Crippen molar-refractivity contribution in [3.05, 3.63) is 46.3 Å². The second-order valence-corrected chi connectivity index (χ2v) is 6.80. The van der Waals surface area contributed by atoms with Crippen LogP contribution in [0.4, 0.5) is 0 Å². The molecule has 2 aromatic rings. The lowest BCUT2D eigenvalue weighted by atomic mass is 10.1. The third-order valence-corrected chi connectivity index (χ3v) is 4.82. The molecule has 0 bridgehead atoms. The van der Waals surface area contributed by atoms with E-state index in [4.69, 9.17) is 18.9 Å². The highest BCUT2D eigenvalue weighted by atomic mass is 16.5. The molecule has 0 aliphatic rings. The van der Waals surface area contributed by atoms with Gasteiger partial charge in [0.05, 0.1) is 32.6 Å². The van der Waals surface area contributed by atoms with E-state index in [0.29, 0.717) is 34.7 Å². The van der Waals surface area contributed by atoms with Gasteiger partial charge in [0.1, 0.15) is 0 Å². The second-order valence-electron chi connectivity index (χ2n) is 6.80. The van der Waals surface area contributed by atoms with Crippen LogP contribution in [-0.4, -0.2) is 50.1 Å². The fraction of sp³-hybridized carbons (Fsp3) is 0.409. The van der Waals surface area contributed by atoms with Crippen LogP contribution in [0.3, 0.4) is 0 Å². The number of Topliss-reactive ketones (excluding diaryl/α,β-unsaturated/α-hetero) is 1. The van der Waals surface area contributed by atoms with Crippen molar-refractivity contribution in [3.8, 4) is 11.5 Å². The van der Waals surface area contributed by atoms with E-state index in [0.717, 1.165) is 5.56 Å². The Bertz CT molecular complexity index is 945. The van der Waals surface area contributed by atoms with Gasteiger partial charge in [0, 0.05) is 12.1 Å². The van der Waals surface area contributed by atoms with Gasteiger partial charge in [-0.1, -0.05) is 6.07 Å². The molecule has 0 saturated carbocycles. The Kier molecular flexibility index (Phi) is 7.63. The molecule has 8 nitrogen and oxygen atoms in total. The van der Waals surface area contributed by atoms with Crippen molar-refractivity contribution in [2.45, 2.75) is 39.7 Å². The highest BCUT2D eigenvalue weighted by Crippen LogP contribution is 2.28. The minimum absolute atomic E-state index is 0.100. The van der Waals surface area contributed by atoms with Crippen LogP contribution in [-0.2, 0) is 20.7 Å². The van der Waals surface area contributed by atoms with E-state index in [1.807, 2.05) is 6.07 Å². The van der Waals surface area contributed by atoms with Crippen molar-refractivity contribution < 1.29 is 33.3 Å². The minimum Gasteiger partial charge on any atom is -0.493 e. The fourth-order valence-electron chi connectivity index (χ4n) is 3.20. The van der Waals surface area contributed by atoms with Crippen LogP contribution in [0.25, 0.3) is 0 Å². The van der Waals surface area contributed by atoms with E-state index in [-0.39, 0.29) is 12.1 Å². The Labute approximate surface area is 175 Å². The monoisotopic (exact) mass is 417 g/mol. The summed E-state index contributed by atoms with van der Waals surface area (Å²) in [5.41, 5.74) is 2.41. The maximum Gasteiger partial charge on any atom is 0.339 e. The van der Waals surface area contributed by atoms with Crippen molar-refractivity contribution in [3.63, 3.8) is 0 Å². The number of carbonyl (C=O) groups is 3. The van der Waals surface area contributed by atoms with E-state index in [9.17, 15) is 14.4 Å². The molecule has 1 aromatic heterocycles. The molecule has 1 aromatic carbocycles. The molecule has 0 fully saturated rings. The molecule has 8 heteroatoms. The summed E-state index contributed by atoms with van der Waals surface area (Å²) in [5.74, 6) is -0.262. The number of nitrogens with one attached hydrogen (secondary N) is 1.